The summed E-state index contributed by atoms with van der Waals surface area (Å²) in [6, 6.07) is 5.31. The number of hydrogen-bond donors (Lipinski definition) is 0. The molecule has 1 aromatic carbocycles. The molecule has 0 bridgehead atoms. The molecule has 1 fully saturated rings. The standard InChI is InChI=1S/C16H22O4S/c1-12(17)14-3-4-16(19-2)15(9-14)11-21(18)10-13-5-7-20-8-6-13/h3-4,9,13H,5-8,10-11H2,1-2H3. The molecule has 1 aliphatic rings. The summed E-state index contributed by atoms with van der Waals surface area (Å²) in [5, 5.41) is 0. The van der Waals surface area contributed by atoms with Crippen molar-refractivity contribution in [3.05, 3.63) is 29.3 Å². The van der Waals surface area contributed by atoms with Gasteiger partial charge in [-0.05, 0) is 43.9 Å². The summed E-state index contributed by atoms with van der Waals surface area (Å²) in [5.74, 6) is 2.30. The summed E-state index contributed by atoms with van der Waals surface area (Å²) in [5.41, 5.74) is 1.48. The first-order valence-electron chi connectivity index (χ1n) is 7.20. The van der Waals surface area contributed by atoms with Crippen molar-refractivity contribution in [2.45, 2.75) is 25.5 Å². The minimum atomic E-state index is -0.949. The first-order chi connectivity index (χ1) is 10.1. The van der Waals surface area contributed by atoms with Crippen molar-refractivity contribution >= 4 is 16.6 Å². The van der Waals surface area contributed by atoms with Gasteiger partial charge in [-0.3, -0.25) is 9.00 Å². The molecule has 5 heteroatoms. The third-order valence-electron chi connectivity index (χ3n) is 3.77. The summed E-state index contributed by atoms with van der Waals surface area (Å²) in [4.78, 5) is 11.5. The van der Waals surface area contributed by atoms with Gasteiger partial charge in [0.25, 0.3) is 0 Å². The first-order valence-corrected chi connectivity index (χ1v) is 8.69. The Labute approximate surface area is 128 Å². The molecular formula is C16H22O4S. The quantitative estimate of drug-likeness (QED) is 0.758. The second-order valence-electron chi connectivity index (χ2n) is 5.39. The summed E-state index contributed by atoms with van der Waals surface area (Å²) in [6.07, 6.45) is 1.97. The van der Waals surface area contributed by atoms with E-state index in [1.165, 1.54) is 6.92 Å². The van der Waals surface area contributed by atoms with Gasteiger partial charge in [-0.25, -0.2) is 0 Å². The molecular weight excluding hydrogens is 288 g/mol. The topological polar surface area (TPSA) is 52.6 Å². The normalized spacial score (nSPS) is 17.4. The lowest BCUT2D eigenvalue weighted by Gasteiger charge is -2.21. The number of ketones is 1. The lowest BCUT2D eigenvalue weighted by atomic mass is 10.0. The number of hydrogen-bond acceptors (Lipinski definition) is 4. The average Bonchev–Trinajstić information content (AvgIpc) is 2.48. The highest BCUT2D eigenvalue weighted by Gasteiger charge is 2.18. The molecule has 0 amide bonds. The fraction of sp³-hybridized carbons (Fsp3) is 0.562. The van der Waals surface area contributed by atoms with Crippen LogP contribution >= 0.6 is 0 Å². The predicted octanol–water partition coefficient (Wildman–Crippen LogP) is 2.57. The Hall–Kier alpha value is -1.20. The molecule has 1 saturated heterocycles. The molecule has 116 valence electrons. The Bertz CT molecular complexity index is 521. The average molecular weight is 310 g/mol. The zero-order valence-electron chi connectivity index (χ0n) is 12.6. The van der Waals surface area contributed by atoms with Gasteiger partial charge in [0.2, 0.25) is 0 Å². The zero-order valence-corrected chi connectivity index (χ0v) is 13.4. The van der Waals surface area contributed by atoms with Gasteiger partial charge in [-0.2, -0.15) is 0 Å². The van der Waals surface area contributed by atoms with Crippen LogP contribution in [0.15, 0.2) is 18.2 Å². The van der Waals surface area contributed by atoms with Gasteiger partial charge in [0.05, 0.1) is 12.9 Å². The van der Waals surface area contributed by atoms with E-state index in [2.05, 4.69) is 0 Å². The SMILES string of the molecule is COc1ccc(C(C)=O)cc1CS(=O)CC1CCOCC1. The van der Waals surface area contributed by atoms with Crippen LogP contribution in [-0.4, -0.2) is 36.1 Å². The second kappa shape index (κ2) is 7.71. The zero-order chi connectivity index (χ0) is 15.2. The van der Waals surface area contributed by atoms with Crippen LogP contribution in [0.3, 0.4) is 0 Å². The van der Waals surface area contributed by atoms with Crippen molar-refractivity contribution in [2.24, 2.45) is 5.92 Å². The Balaban J connectivity index is 2.04. The van der Waals surface area contributed by atoms with Gasteiger partial charge >= 0.3 is 0 Å². The molecule has 0 radical (unpaired) electrons. The molecule has 21 heavy (non-hydrogen) atoms. The first kappa shape index (κ1) is 16.2. The lowest BCUT2D eigenvalue weighted by Crippen LogP contribution is -2.21. The van der Waals surface area contributed by atoms with E-state index in [1.54, 1.807) is 25.3 Å². The van der Waals surface area contributed by atoms with Crippen LogP contribution in [0.5, 0.6) is 5.75 Å². The molecule has 2 rings (SSSR count). The third kappa shape index (κ3) is 4.64. The predicted molar refractivity (Wildman–Crippen MR) is 83.3 cm³/mol. The van der Waals surface area contributed by atoms with Gasteiger partial charge < -0.3 is 9.47 Å². The number of carbonyl (C=O) groups is 1. The highest BCUT2D eigenvalue weighted by atomic mass is 32.2. The van der Waals surface area contributed by atoms with Crippen LogP contribution in [0, 0.1) is 5.92 Å². The number of ether oxygens (including phenoxy) is 2. The van der Waals surface area contributed by atoms with E-state index in [-0.39, 0.29) is 5.78 Å². The van der Waals surface area contributed by atoms with Crippen molar-refractivity contribution in [3.63, 3.8) is 0 Å². The smallest absolute Gasteiger partial charge is 0.159 e. The van der Waals surface area contributed by atoms with Gasteiger partial charge in [-0.15, -0.1) is 0 Å². The molecule has 1 aromatic rings. The maximum atomic E-state index is 12.4. The fourth-order valence-corrected chi connectivity index (χ4v) is 4.07. The second-order valence-corrected chi connectivity index (χ2v) is 6.89. The van der Waals surface area contributed by atoms with Crippen molar-refractivity contribution in [2.75, 3.05) is 26.1 Å². The Kier molecular flexibility index (Phi) is 5.94. The van der Waals surface area contributed by atoms with Gasteiger partial charge in [0, 0.05) is 40.9 Å². The molecule has 1 aliphatic heterocycles. The number of Topliss-reactive ketones (excluding diaryl/α,β-unsaturated/α-hetero) is 1. The maximum Gasteiger partial charge on any atom is 0.159 e. The van der Waals surface area contributed by atoms with Crippen molar-refractivity contribution in [3.8, 4) is 5.75 Å². The molecule has 0 aliphatic carbocycles. The Morgan fingerprint density at radius 1 is 1.38 bits per heavy atom. The largest absolute Gasteiger partial charge is 0.496 e. The molecule has 4 nitrogen and oxygen atoms in total. The van der Waals surface area contributed by atoms with Crippen LogP contribution in [0.1, 0.15) is 35.7 Å². The number of methoxy groups -OCH3 is 1. The van der Waals surface area contributed by atoms with E-state index < -0.39 is 10.8 Å². The molecule has 0 spiro atoms. The number of benzene rings is 1. The Morgan fingerprint density at radius 3 is 2.71 bits per heavy atom. The van der Waals surface area contributed by atoms with Crippen molar-refractivity contribution < 1.29 is 18.5 Å². The lowest BCUT2D eigenvalue weighted by molar-refractivity contribution is 0.0725. The minimum absolute atomic E-state index is 0.00844. The van der Waals surface area contributed by atoms with E-state index in [0.717, 1.165) is 31.6 Å². The fourth-order valence-electron chi connectivity index (χ4n) is 2.52. The highest BCUT2D eigenvalue weighted by molar-refractivity contribution is 7.84. The van der Waals surface area contributed by atoms with Gasteiger partial charge in [-0.1, -0.05) is 0 Å². The third-order valence-corrected chi connectivity index (χ3v) is 5.24. The van der Waals surface area contributed by atoms with Crippen molar-refractivity contribution in [1.82, 2.24) is 0 Å². The van der Waals surface area contributed by atoms with Crippen molar-refractivity contribution in [1.29, 1.82) is 0 Å². The van der Waals surface area contributed by atoms with Crippen LogP contribution in [-0.2, 0) is 21.3 Å². The van der Waals surface area contributed by atoms with Crippen LogP contribution in [0.2, 0.25) is 0 Å². The summed E-state index contributed by atoms with van der Waals surface area (Å²) < 4.78 is 23.0. The van der Waals surface area contributed by atoms with E-state index in [0.29, 0.717) is 28.7 Å². The van der Waals surface area contributed by atoms with Crippen LogP contribution < -0.4 is 4.74 Å². The number of rotatable bonds is 6. The van der Waals surface area contributed by atoms with E-state index in [4.69, 9.17) is 9.47 Å². The number of carbonyl (C=O) groups excluding carboxylic acids is 1. The van der Waals surface area contributed by atoms with Crippen LogP contribution in [0.25, 0.3) is 0 Å². The van der Waals surface area contributed by atoms with E-state index >= 15 is 0 Å². The van der Waals surface area contributed by atoms with Crippen LogP contribution in [0.4, 0.5) is 0 Å². The van der Waals surface area contributed by atoms with Gasteiger partial charge in [0.15, 0.2) is 5.78 Å². The van der Waals surface area contributed by atoms with E-state index in [9.17, 15) is 9.00 Å². The summed E-state index contributed by atoms with van der Waals surface area (Å²) >= 11 is 0. The molecule has 1 heterocycles. The van der Waals surface area contributed by atoms with E-state index in [1.807, 2.05) is 0 Å². The highest BCUT2D eigenvalue weighted by Crippen LogP contribution is 2.23. The summed E-state index contributed by atoms with van der Waals surface area (Å²) in [6.45, 7) is 3.07. The minimum Gasteiger partial charge on any atom is -0.496 e. The molecule has 0 aromatic heterocycles. The molecule has 0 saturated carbocycles. The molecule has 0 N–H and O–H groups in total. The summed E-state index contributed by atoms with van der Waals surface area (Å²) in [7, 11) is 0.642. The monoisotopic (exact) mass is 310 g/mol. The Morgan fingerprint density at radius 2 is 2.10 bits per heavy atom. The molecule has 1 atom stereocenters. The maximum absolute atomic E-state index is 12.4. The van der Waals surface area contributed by atoms with Gasteiger partial charge in [0.1, 0.15) is 5.75 Å². The molecule has 1 unspecified atom stereocenters.